The first-order valence-corrected chi connectivity index (χ1v) is 7.46. The lowest BCUT2D eigenvalue weighted by Gasteiger charge is -1.95. The Hall–Kier alpha value is -2.24. The van der Waals surface area contributed by atoms with Crippen LogP contribution in [0.1, 0.15) is 0 Å². The summed E-state index contributed by atoms with van der Waals surface area (Å²) in [7, 11) is 0. The number of hydrogen-bond acceptors (Lipinski definition) is 4. The first-order chi connectivity index (χ1) is 10.2. The molecule has 2 heterocycles. The molecule has 0 bridgehead atoms. The summed E-state index contributed by atoms with van der Waals surface area (Å²) < 4.78 is 1.35. The Morgan fingerprint density at radius 2 is 1.95 bits per heavy atom. The molecule has 102 valence electrons. The van der Waals surface area contributed by atoms with E-state index in [2.05, 4.69) is 10.1 Å². The molecule has 0 aliphatic heterocycles. The molecule has 0 N–H and O–H groups in total. The van der Waals surface area contributed by atoms with E-state index >= 15 is 0 Å². The molecule has 2 aromatic heterocycles. The molecule has 0 spiro atoms. The molecule has 4 aromatic rings. The summed E-state index contributed by atoms with van der Waals surface area (Å²) in [5, 5.41) is 6.30. The largest absolute Gasteiger partial charge is 0.283 e. The smallest absolute Gasteiger partial charge is 0.267 e. The Labute approximate surface area is 128 Å². The highest BCUT2D eigenvalue weighted by atomic mass is 35.5. The minimum atomic E-state index is -0.153. The van der Waals surface area contributed by atoms with E-state index in [0.717, 1.165) is 10.6 Å². The van der Waals surface area contributed by atoms with Gasteiger partial charge in [-0.3, -0.25) is 4.79 Å². The molecule has 0 aliphatic carbocycles. The van der Waals surface area contributed by atoms with Gasteiger partial charge in [0.1, 0.15) is 5.01 Å². The van der Waals surface area contributed by atoms with Gasteiger partial charge in [0.25, 0.3) is 5.56 Å². The Bertz CT molecular complexity index is 1040. The molecular weight excluding hydrogens is 306 g/mol. The van der Waals surface area contributed by atoms with E-state index in [0.29, 0.717) is 20.9 Å². The molecule has 4 rings (SSSR count). The summed E-state index contributed by atoms with van der Waals surface area (Å²) in [6, 6.07) is 14.7. The van der Waals surface area contributed by atoms with Crippen LogP contribution in [0.3, 0.4) is 0 Å². The molecule has 0 unspecified atom stereocenters. The third-order valence-corrected chi connectivity index (χ3v) is 4.37. The maximum atomic E-state index is 12.4. The highest BCUT2D eigenvalue weighted by Crippen LogP contribution is 2.26. The van der Waals surface area contributed by atoms with Crippen molar-refractivity contribution in [3.63, 3.8) is 0 Å². The monoisotopic (exact) mass is 313 g/mol. The second-order valence-corrected chi connectivity index (χ2v) is 5.94. The quantitative estimate of drug-likeness (QED) is 0.539. The van der Waals surface area contributed by atoms with Crippen molar-refractivity contribution in [1.82, 2.24) is 14.6 Å². The van der Waals surface area contributed by atoms with Crippen LogP contribution in [0.15, 0.2) is 53.3 Å². The average Bonchev–Trinajstić information content (AvgIpc) is 2.92. The zero-order valence-electron chi connectivity index (χ0n) is 10.7. The number of halogens is 1. The summed E-state index contributed by atoms with van der Waals surface area (Å²) in [4.78, 5) is 17.5. The minimum Gasteiger partial charge on any atom is -0.267 e. The van der Waals surface area contributed by atoms with E-state index in [-0.39, 0.29) is 5.56 Å². The van der Waals surface area contributed by atoms with Gasteiger partial charge < -0.3 is 0 Å². The Balaban J connectivity index is 2.04. The van der Waals surface area contributed by atoms with Crippen molar-refractivity contribution >= 4 is 38.8 Å². The minimum absolute atomic E-state index is 0.153. The van der Waals surface area contributed by atoms with Gasteiger partial charge in [0.15, 0.2) is 0 Å². The van der Waals surface area contributed by atoms with Crippen LogP contribution in [0.2, 0.25) is 5.02 Å². The molecule has 6 heteroatoms. The lowest BCUT2D eigenvalue weighted by atomic mass is 10.2. The van der Waals surface area contributed by atoms with Crippen molar-refractivity contribution in [2.75, 3.05) is 0 Å². The van der Waals surface area contributed by atoms with Crippen molar-refractivity contribution in [1.29, 1.82) is 0 Å². The number of fused-ring (bicyclic) bond motifs is 2. The molecule has 0 aliphatic rings. The van der Waals surface area contributed by atoms with Gasteiger partial charge >= 0.3 is 0 Å². The zero-order chi connectivity index (χ0) is 14.4. The predicted octanol–water partition coefficient (Wildman–Crippen LogP) is 3.62. The number of hydrogen-bond donors (Lipinski definition) is 0. The first-order valence-electron chi connectivity index (χ1n) is 6.27. The highest BCUT2D eigenvalue weighted by molar-refractivity contribution is 7.19. The van der Waals surface area contributed by atoms with Gasteiger partial charge in [0, 0.05) is 10.6 Å². The van der Waals surface area contributed by atoms with Gasteiger partial charge in [0.05, 0.1) is 10.9 Å². The van der Waals surface area contributed by atoms with E-state index in [9.17, 15) is 4.79 Å². The molecular formula is C15H8ClN3OS. The fraction of sp³-hybridized carbons (Fsp3) is 0. The summed E-state index contributed by atoms with van der Waals surface area (Å²) in [5.41, 5.74) is 1.41. The standard InChI is InChI=1S/C15H8ClN3OS/c16-10-5-3-4-9(8-10)13-18-19-14(20)11-6-1-2-7-12(11)17-15(19)21-13/h1-8H. The van der Waals surface area contributed by atoms with Gasteiger partial charge in [0.2, 0.25) is 4.96 Å². The van der Waals surface area contributed by atoms with Crippen molar-refractivity contribution in [3.8, 4) is 10.6 Å². The van der Waals surface area contributed by atoms with Crippen LogP contribution >= 0.6 is 22.9 Å². The van der Waals surface area contributed by atoms with Crippen LogP contribution < -0.4 is 5.56 Å². The van der Waals surface area contributed by atoms with Crippen LogP contribution in [-0.2, 0) is 0 Å². The van der Waals surface area contributed by atoms with Crippen LogP contribution in [0.5, 0.6) is 0 Å². The second kappa shape index (κ2) is 4.65. The highest BCUT2D eigenvalue weighted by Gasteiger charge is 2.11. The summed E-state index contributed by atoms with van der Waals surface area (Å²) >= 11 is 7.37. The van der Waals surface area contributed by atoms with Crippen molar-refractivity contribution < 1.29 is 0 Å². The van der Waals surface area contributed by atoms with Crippen LogP contribution in [0.25, 0.3) is 26.4 Å². The van der Waals surface area contributed by atoms with Gasteiger partial charge in [-0.25, -0.2) is 4.98 Å². The predicted molar refractivity (Wildman–Crippen MR) is 85.1 cm³/mol. The Kier molecular flexibility index (Phi) is 2.77. The third-order valence-electron chi connectivity index (χ3n) is 3.17. The number of aromatic nitrogens is 3. The third kappa shape index (κ3) is 2.02. The van der Waals surface area contributed by atoms with Gasteiger partial charge in [-0.2, -0.15) is 9.61 Å². The van der Waals surface area contributed by atoms with Crippen molar-refractivity contribution in [2.45, 2.75) is 0 Å². The van der Waals surface area contributed by atoms with E-state index in [4.69, 9.17) is 11.6 Å². The van der Waals surface area contributed by atoms with E-state index in [1.165, 1.54) is 15.9 Å². The van der Waals surface area contributed by atoms with Crippen molar-refractivity contribution in [3.05, 3.63) is 63.9 Å². The lowest BCUT2D eigenvalue weighted by Crippen LogP contribution is -2.14. The van der Waals surface area contributed by atoms with Crippen molar-refractivity contribution in [2.24, 2.45) is 0 Å². The molecule has 0 saturated carbocycles. The molecule has 4 nitrogen and oxygen atoms in total. The number of rotatable bonds is 1. The van der Waals surface area contributed by atoms with Gasteiger partial charge in [-0.1, -0.05) is 47.2 Å². The first kappa shape index (κ1) is 12.5. The molecule has 0 radical (unpaired) electrons. The SMILES string of the molecule is O=c1c2ccccc2nc2sc(-c3cccc(Cl)c3)nn12. The van der Waals surface area contributed by atoms with Crippen LogP contribution in [0.4, 0.5) is 0 Å². The second-order valence-electron chi connectivity index (χ2n) is 4.55. The zero-order valence-corrected chi connectivity index (χ0v) is 12.2. The summed E-state index contributed by atoms with van der Waals surface area (Å²) in [6.45, 7) is 0. The number of para-hydroxylation sites is 1. The van der Waals surface area contributed by atoms with E-state index in [1.807, 2.05) is 36.4 Å². The maximum Gasteiger partial charge on any atom is 0.283 e. The van der Waals surface area contributed by atoms with Gasteiger partial charge in [-0.15, -0.1) is 0 Å². The van der Waals surface area contributed by atoms with Crippen LogP contribution in [-0.4, -0.2) is 14.6 Å². The molecule has 0 atom stereocenters. The van der Waals surface area contributed by atoms with Crippen LogP contribution in [0, 0.1) is 0 Å². The Morgan fingerprint density at radius 1 is 1.10 bits per heavy atom. The summed E-state index contributed by atoms with van der Waals surface area (Å²) in [6.07, 6.45) is 0. The fourth-order valence-corrected chi connectivity index (χ4v) is 3.28. The fourth-order valence-electron chi connectivity index (χ4n) is 2.19. The van der Waals surface area contributed by atoms with E-state index < -0.39 is 0 Å². The number of benzene rings is 2. The summed E-state index contributed by atoms with van der Waals surface area (Å²) in [5.74, 6) is 0. The topological polar surface area (TPSA) is 47.3 Å². The lowest BCUT2D eigenvalue weighted by molar-refractivity contribution is 0.920. The number of nitrogens with zero attached hydrogens (tertiary/aromatic N) is 3. The molecule has 0 saturated heterocycles. The van der Waals surface area contributed by atoms with E-state index in [1.54, 1.807) is 12.1 Å². The van der Waals surface area contributed by atoms with Gasteiger partial charge in [-0.05, 0) is 24.3 Å². The normalized spacial score (nSPS) is 11.3. The average molecular weight is 314 g/mol. The molecule has 21 heavy (non-hydrogen) atoms. The maximum absolute atomic E-state index is 12.4. The molecule has 0 fully saturated rings. The molecule has 2 aromatic carbocycles. The Morgan fingerprint density at radius 3 is 2.81 bits per heavy atom. The molecule has 0 amide bonds.